The quantitative estimate of drug-likeness (QED) is 0.941. The second-order valence-electron chi connectivity index (χ2n) is 6.45. The molecule has 1 saturated carbocycles. The van der Waals surface area contributed by atoms with Gasteiger partial charge in [0.1, 0.15) is 11.9 Å². The van der Waals surface area contributed by atoms with E-state index >= 15 is 0 Å². The average Bonchev–Trinajstić information content (AvgIpc) is 3.08. The maximum absolute atomic E-state index is 12.6. The van der Waals surface area contributed by atoms with Gasteiger partial charge in [0.05, 0.1) is 6.04 Å². The van der Waals surface area contributed by atoms with Gasteiger partial charge >= 0.3 is 0 Å². The van der Waals surface area contributed by atoms with Crippen molar-refractivity contribution in [2.24, 2.45) is 13.0 Å². The van der Waals surface area contributed by atoms with Crippen molar-refractivity contribution >= 4 is 5.91 Å². The summed E-state index contributed by atoms with van der Waals surface area (Å²) in [5.41, 5.74) is 1.26. The molecule has 1 saturated heterocycles. The van der Waals surface area contributed by atoms with Crippen molar-refractivity contribution in [3.8, 4) is 0 Å². The van der Waals surface area contributed by atoms with Gasteiger partial charge in [-0.15, -0.1) is 0 Å². The molecule has 120 valence electrons. The number of ether oxygens (including phenoxy) is 1. The number of nitrogens with zero attached hydrogens (tertiary/aromatic N) is 2. The van der Waals surface area contributed by atoms with E-state index in [-0.39, 0.29) is 24.0 Å². The first-order valence-corrected chi connectivity index (χ1v) is 8.18. The van der Waals surface area contributed by atoms with Crippen molar-refractivity contribution in [1.29, 1.82) is 0 Å². The fraction of sp³-hybridized carbons (Fsp3) is 0.444. The lowest BCUT2D eigenvalue weighted by Gasteiger charge is -2.19. The third-order valence-electron chi connectivity index (χ3n) is 4.89. The molecule has 1 N–H and O–H groups in total. The van der Waals surface area contributed by atoms with Crippen LogP contribution in [0.5, 0.6) is 0 Å². The molecule has 1 aliphatic heterocycles. The van der Waals surface area contributed by atoms with Crippen molar-refractivity contribution in [2.45, 2.75) is 30.9 Å². The van der Waals surface area contributed by atoms with Gasteiger partial charge < -0.3 is 14.6 Å². The van der Waals surface area contributed by atoms with Gasteiger partial charge in [-0.25, -0.2) is 4.98 Å². The Bertz CT molecular complexity index is 697. The Hall–Kier alpha value is -2.14. The number of benzene rings is 1. The molecule has 5 heteroatoms. The zero-order valence-corrected chi connectivity index (χ0v) is 13.2. The summed E-state index contributed by atoms with van der Waals surface area (Å²) in [6.07, 6.45) is 5.31. The highest BCUT2D eigenvalue weighted by Gasteiger charge is 2.45. The van der Waals surface area contributed by atoms with Gasteiger partial charge in [0.2, 0.25) is 5.91 Å². The second-order valence-corrected chi connectivity index (χ2v) is 6.45. The van der Waals surface area contributed by atoms with E-state index in [1.807, 2.05) is 36.0 Å². The van der Waals surface area contributed by atoms with Crippen LogP contribution in [0.4, 0.5) is 0 Å². The summed E-state index contributed by atoms with van der Waals surface area (Å²) in [7, 11) is 1.95. The maximum Gasteiger partial charge on any atom is 0.224 e. The first-order chi connectivity index (χ1) is 11.2. The first kappa shape index (κ1) is 14.5. The molecule has 0 spiro atoms. The van der Waals surface area contributed by atoms with E-state index < -0.39 is 0 Å². The topological polar surface area (TPSA) is 56.1 Å². The summed E-state index contributed by atoms with van der Waals surface area (Å²) in [4.78, 5) is 16.9. The second kappa shape index (κ2) is 5.81. The van der Waals surface area contributed by atoms with Crippen molar-refractivity contribution < 1.29 is 9.53 Å². The Morgan fingerprint density at radius 3 is 2.91 bits per heavy atom. The third-order valence-corrected chi connectivity index (χ3v) is 4.89. The average molecular weight is 311 g/mol. The van der Waals surface area contributed by atoms with Crippen LogP contribution in [-0.2, 0) is 16.6 Å². The molecule has 1 aliphatic carbocycles. The molecule has 1 aromatic carbocycles. The highest BCUT2D eigenvalue weighted by molar-refractivity contribution is 5.83. The lowest BCUT2D eigenvalue weighted by Crippen LogP contribution is -2.38. The van der Waals surface area contributed by atoms with E-state index in [4.69, 9.17) is 4.74 Å². The Morgan fingerprint density at radius 1 is 1.35 bits per heavy atom. The van der Waals surface area contributed by atoms with Crippen LogP contribution in [0, 0.1) is 5.92 Å². The minimum Gasteiger partial charge on any atom is -0.368 e. The zero-order chi connectivity index (χ0) is 15.8. The number of nitrogens with one attached hydrogen (secondary N) is 1. The summed E-state index contributed by atoms with van der Waals surface area (Å²) in [5, 5.41) is 3.19. The van der Waals surface area contributed by atoms with Gasteiger partial charge in [0, 0.05) is 32.0 Å². The van der Waals surface area contributed by atoms with Crippen molar-refractivity contribution in [1.82, 2.24) is 14.9 Å². The number of rotatable bonds is 4. The number of carbonyl (C=O) groups excluding carboxylic acids is 1. The van der Waals surface area contributed by atoms with Gasteiger partial charge in [0.15, 0.2) is 0 Å². The SMILES string of the molecule is Cn1ccnc1[C@H]1OCC[C@@H]1NC(=O)[C@H]1C[C@@H]1c1ccccc1. The number of hydrogen-bond acceptors (Lipinski definition) is 3. The van der Waals surface area contributed by atoms with Gasteiger partial charge in [-0.2, -0.15) is 0 Å². The molecule has 4 atom stereocenters. The van der Waals surface area contributed by atoms with E-state index in [0.29, 0.717) is 12.5 Å². The minimum atomic E-state index is -0.145. The standard InChI is InChI=1S/C18H21N3O2/c1-21-9-8-19-17(21)16-15(7-10-23-16)20-18(22)14-11-13(14)12-5-3-2-4-6-12/h2-6,8-9,13-16H,7,10-11H2,1H3,(H,20,22)/t13-,14+,15+,16+/m1/s1. The van der Waals surface area contributed by atoms with E-state index in [1.165, 1.54) is 5.56 Å². The molecule has 0 radical (unpaired) electrons. The molecule has 5 nitrogen and oxygen atoms in total. The number of carbonyl (C=O) groups is 1. The fourth-order valence-corrected chi connectivity index (χ4v) is 3.49. The molecular formula is C18H21N3O2. The molecule has 4 rings (SSSR count). The summed E-state index contributed by atoms with van der Waals surface area (Å²) in [6.45, 7) is 0.662. The molecular weight excluding hydrogens is 290 g/mol. The van der Waals surface area contributed by atoms with Gasteiger partial charge in [0.25, 0.3) is 0 Å². The minimum absolute atomic E-state index is 0.0145. The molecule has 2 fully saturated rings. The van der Waals surface area contributed by atoms with Crippen molar-refractivity contribution in [2.75, 3.05) is 6.61 Å². The maximum atomic E-state index is 12.6. The number of aryl methyl sites for hydroxylation is 1. The number of aromatic nitrogens is 2. The number of imidazole rings is 1. The van der Waals surface area contributed by atoms with Crippen molar-refractivity contribution in [3.05, 3.63) is 54.1 Å². The Kier molecular flexibility index (Phi) is 3.65. The molecule has 2 aliphatic rings. The molecule has 0 unspecified atom stereocenters. The summed E-state index contributed by atoms with van der Waals surface area (Å²) in [5.74, 6) is 1.49. The molecule has 0 bridgehead atoms. The van der Waals surface area contributed by atoms with Crippen molar-refractivity contribution in [3.63, 3.8) is 0 Å². The van der Waals surface area contributed by atoms with Crippen LogP contribution in [0.2, 0.25) is 0 Å². The largest absolute Gasteiger partial charge is 0.368 e. The Labute approximate surface area is 135 Å². The van der Waals surface area contributed by atoms with Crippen LogP contribution < -0.4 is 5.32 Å². The van der Waals surface area contributed by atoms with Crippen LogP contribution in [0.15, 0.2) is 42.7 Å². The van der Waals surface area contributed by atoms with Crippen LogP contribution in [-0.4, -0.2) is 28.1 Å². The van der Waals surface area contributed by atoms with Gasteiger partial charge in [-0.1, -0.05) is 30.3 Å². The van der Waals surface area contributed by atoms with Gasteiger partial charge in [-0.3, -0.25) is 4.79 Å². The summed E-state index contributed by atoms with van der Waals surface area (Å²) >= 11 is 0. The molecule has 1 amide bonds. The smallest absolute Gasteiger partial charge is 0.224 e. The molecule has 2 aromatic rings. The van der Waals surface area contributed by atoms with E-state index in [0.717, 1.165) is 18.7 Å². The summed E-state index contributed by atoms with van der Waals surface area (Å²) in [6, 6.07) is 10.3. The Morgan fingerprint density at radius 2 is 2.17 bits per heavy atom. The predicted octanol–water partition coefficient (Wildman–Crippen LogP) is 2.17. The molecule has 2 heterocycles. The van der Waals surface area contributed by atoms with Crippen LogP contribution in [0.3, 0.4) is 0 Å². The van der Waals surface area contributed by atoms with E-state index in [9.17, 15) is 4.79 Å². The highest BCUT2D eigenvalue weighted by Crippen LogP contribution is 2.47. The third kappa shape index (κ3) is 2.77. The van der Waals surface area contributed by atoms with Crippen LogP contribution in [0.25, 0.3) is 0 Å². The monoisotopic (exact) mass is 311 g/mol. The van der Waals surface area contributed by atoms with E-state index in [2.05, 4.69) is 22.4 Å². The van der Waals surface area contributed by atoms with Crippen LogP contribution >= 0.6 is 0 Å². The number of hydrogen-bond donors (Lipinski definition) is 1. The summed E-state index contributed by atoms with van der Waals surface area (Å²) < 4.78 is 7.76. The fourth-order valence-electron chi connectivity index (χ4n) is 3.49. The lowest BCUT2D eigenvalue weighted by atomic mass is 10.1. The first-order valence-electron chi connectivity index (χ1n) is 8.18. The van der Waals surface area contributed by atoms with E-state index in [1.54, 1.807) is 6.20 Å². The van der Waals surface area contributed by atoms with Crippen LogP contribution in [0.1, 0.15) is 36.3 Å². The Balaban J connectivity index is 1.40. The lowest BCUT2D eigenvalue weighted by molar-refractivity contribution is -0.123. The number of amides is 1. The highest BCUT2D eigenvalue weighted by atomic mass is 16.5. The zero-order valence-electron chi connectivity index (χ0n) is 13.2. The normalized spacial score (nSPS) is 29.4. The van der Waals surface area contributed by atoms with Gasteiger partial charge in [-0.05, 0) is 24.3 Å². The molecule has 23 heavy (non-hydrogen) atoms. The predicted molar refractivity (Wildman–Crippen MR) is 85.7 cm³/mol. The molecule has 1 aromatic heterocycles.